The predicted octanol–water partition coefficient (Wildman–Crippen LogP) is 2.01. The number of aryl methyl sites for hydroxylation is 2. The van der Waals surface area contributed by atoms with E-state index in [1.54, 1.807) is 43.1 Å². The largest absolute Gasteiger partial charge is 0.331 e. The Kier molecular flexibility index (Phi) is 2.75. The number of nitrogens with zero attached hydrogens (tertiary/aromatic N) is 3. The maximum atomic E-state index is 12.1. The van der Waals surface area contributed by atoms with Crippen LogP contribution in [0.25, 0.3) is 0 Å². The lowest BCUT2D eigenvalue weighted by Gasteiger charge is -2.04. The minimum absolute atomic E-state index is 0.144. The molecule has 0 aromatic carbocycles. The number of pyridine rings is 1. The number of aromatic nitrogens is 3. The van der Waals surface area contributed by atoms with Gasteiger partial charge in [-0.15, -0.1) is 0 Å². The molecule has 0 spiro atoms. The highest BCUT2D eigenvalue weighted by molar-refractivity contribution is 6.29. The lowest BCUT2D eigenvalue weighted by atomic mass is 10.1. The predicted molar refractivity (Wildman–Crippen MR) is 60.6 cm³/mol. The monoisotopic (exact) mass is 235 g/mol. The third kappa shape index (κ3) is 1.84. The van der Waals surface area contributed by atoms with Crippen LogP contribution in [0.2, 0.25) is 5.15 Å². The Balaban J connectivity index is 2.46. The smallest absolute Gasteiger partial charge is 0.230 e. The quantitative estimate of drug-likeness (QED) is 0.591. The summed E-state index contributed by atoms with van der Waals surface area (Å²) in [5.74, 6) is 0.251. The minimum atomic E-state index is -0.144. The van der Waals surface area contributed by atoms with Gasteiger partial charge < -0.3 is 4.57 Å². The van der Waals surface area contributed by atoms with Crippen LogP contribution in [0.4, 0.5) is 0 Å². The molecule has 0 aliphatic rings. The fourth-order valence-corrected chi connectivity index (χ4v) is 1.67. The van der Waals surface area contributed by atoms with Gasteiger partial charge in [-0.2, -0.15) is 0 Å². The summed E-state index contributed by atoms with van der Waals surface area (Å²) >= 11 is 5.73. The summed E-state index contributed by atoms with van der Waals surface area (Å²) in [7, 11) is 1.78. The molecule has 0 radical (unpaired) electrons. The van der Waals surface area contributed by atoms with Crippen LogP contribution in [-0.2, 0) is 7.05 Å². The molecule has 82 valence electrons. The Morgan fingerprint density at radius 1 is 1.44 bits per heavy atom. The topological polar surface area (TPSA) is 47.8 Å². The number of hydrogen-bond donors (Lipinski definition) is 0. The van der Waals surface area contributed by atoms with E-state index in [2.05, 4.69) is 9.97 Å². The molecule has 0 atom stereocenters. The van der Waals surface area contributed by atoms with Gasteiger partial charge in [0.2, 0.25) is 5.78 Å². The summed E-state index contributed by atoms with van der Waals surface area (Å²) in [5, 5.41) is 0.383. The van der Waals surface area contributed by atoms with Gasteiger partial charge in [0, 0.05) is 25.0 Å². The lowest BCUT2D eigenvalue weighted by Crippen LogP contribution is -2.10. The van der Waals surface area contributed by atoms with E-state index in [1.807, 2.05) is 0 Å². The molecule has 5 heteroatoms. The second-order valence-electron chi connectivity index (χ2n) is 3.46. The highest BCUT2D eigenvalue weighted by Gasteiger charge is 2.16. The zero-order valence-corrected chi connectivity index (χ0v) is 9.69. The molecule has 0 amide bonds. The van der Waals surface area contributed by atoms with E-state index in [4.69, 9.17) is 11.6 Å². The van der Waals surface area contributed by atoms with E-state index in [0.717, 1.165) is 0 Å². The van der Waals surface area contributed by atoms with Gasteiger partial charge in [0.15, 0.2) is 5.82 Å². The van der Waals surface area contributed by atoms with Crippen molar-refractivity contribution < 1.29 is 4.79 Å². The fourth-order valence-electron chi connectivity index (χ4n) is 1.48. The van der Waals surface area contributed by atoms with E-state index in [-0.39, 0.29) is 5.78 Å². The van der Waals surface area contributed by atoms with Crippen LogP contribution in [0.1, 0.15) is 21.9 Å². The summed E-state index contributed by atoms with van der Waals surface area (Å²) in [4.78, 5) is 20.1. The maximum Gasteiger partial charge on any atom is 0.230 e. The molecular formula is C11H10ClN3O. The van der Waals surface area contributed by atoms with Crippen molar-refractivity contribution in [3.8, 4) is 0 Å². The van der Waals surface area contributed by atoms with Crippen LogP contribution in [0.15, 0.2) is 24.5 Å². The summed E-state index contributed by atoms with van der Waals surface area (Å²) in [6, 6.07) is 3.27. The zero-order valence-electron chi connectivity index (χ0n) is 8.94. The van der Waals surface area contributed by atoms with Crippen LogP contribution in [-0.4, -0.2) is 20.3 Å². The van der Waals surface area contributed by atoms with Crippen LogP contribution < -0.4 is 0 Å². The van der Waals surface area contributed by atoms with Gasteiger partial charge in [-0.3, -0.25) is 4.79 Å². The van der Waals surface area contributed by atoms with Gasteiger partial charge in [-0.1, -0.05) is 11.6 Å². The van der Waals surface area contributed by atoms with Crippen molar-refractivity contribution in [1.82, 2.24) is 14.5 Å². The molecule has 2 aromatic rings. The fraction of sp³-hybridized carbons (Fsp3) is 0.182. The van der Waals surface area contributed by atoms with Gasteiger partial charge in [-0.25, -0.2) is 9.97 Å². The molecule has 2 aromatic heterocycles. The van der Waals surface area contributed by atoms with Gasteiger partial charge in [0.05, 0.1) is 5.69 Å². The maximum absolute atomic E-state index is 12.1. The number of imidazole rings is 1. The van der Waals surface area contributed by atoms with Crippen molar-refractivity contribution in [2.45, 2.75) is 6.92 Å². The normalized spacial score (nSPS) is 10.4. The second-order valence-corrected chi connectivity index (χ2v) is 3.85. The van der Waals surface area contributed by atoms with E-state index in [9.17, 15) is 4.79 Å². The van der Waals surface area contributed by atoms with Gasteiger partial charge in [-0.05, 0) is 19.1 Å². The number of ketones is 1. The molecule has 0 aliphatic heterocycles. The highest BCUT2D eigenvalue weighted by atomic mass is 35.5. The molecule has 0 bridgehead atoms. The number of carbonyl (C=O) groups is 1. The molecule has 0 saturated carbocycles. The van der Waals surface area contributed by atoms with Crippen molar-refractivity contribution >= 4 is 17.4 Å². The first kappa shape index (κ1) is 10.8. The summed E-state index contributed by atoms with van der Waals surface area (Å²) in [6.07, 6.45) is 3.32. The first-order chi connectivity index (χ1) is 7.59. The molecular weight excluding hydrogens is 226 g/mol. The molecule has 0 fully saturated rings. The number of rotatable bonds is 2. The van der Waals surface area contributed by atoms with Gasteiger partial charge in [0.1, 0.15) is 5.15 Å². The van der Waals surface area contributed by atoms with Crippen LogP contribution in [0.5, 0.6) is 0 Å². The Bertz CT molecular complexity index is 548. The Morgan fingerprint density at radius 3 is 2.75 bits per heavy atom. The van der Waals surface area contributed by atoms with Crippen molar-refractivity contribution in [2.75, 3.05) is 0 Å². The van der Waals surface area contributed by atoms with Crippen molar-refractivity contribution in [3.05, 3.63) is 46.8 Å². The van der Waals surface area contributed by atoms with E-state index < -0.39 is 0 Å². The van der Waals surface area contributed by atoms with Gasteiger partial charge in [0.25, 0.3) is 0 Å². The van der Waals surface area contributed by atoms with Crippen molar-refractivity contribution in [1.29, 1.82) is 0 Å². The third-order valence-electron chi connectivity index (χ3n) is 2.32. The molecule has 2 rings (SSSR count). The standard InChI is InChI=1S/C11H10ClN3O/c1-7-8(3-4-9(12)14-7)10(16)11-13-5-6-15(11)2/h3-6H,1-2H3. The SMILES string of the molecule is Cc1nc(Cl)ccc1C(=O)c1nccn1C. The first-order valence-corrected chi connectivity index (χ1v) is 5.12. The molecule has 16 heavy (non-hydrogen) atoms. The average Bonchev–Trinajstić information content (AvgIpc) is 2.63. The second kappa shape index (κ2) is 4.06. The lowest BCUT2D eigenvalue weighted by molar-refractivity contribution is 0.102. The number of hydrogen-bond acceptors (Lipinski definition) is 3. The van der Waals surface area contributed by atoms with Crippen molar-refractivity contribution in [2.24, 2.45) is 7.05 Å². The Morgan fingerprint density at radius 2 is 2.19 bits per heavy atom. The number of carbonyl (C=O) groups excluding carboxylic acids is 1. The molecule has 4 nitrogen and oxygen atoms in total. The van der Waals surface area contributed by atoms with Gasteiger partial charge >= 0.3 is 0 Å². The Hall–Kier alpha value is -1.68. The molecule has 0 unspecified atom stereocenters. The summed E-state index contributed by atoms with van der Waals surface area (Å²) in [5.41, 5.74) is 1.14. The summed E-state index contributed by atoms with van der Waals surface area (Å²) < 4.78 is 1.68. The van der Waals surface area contributed by atoms with E-state index in [0.29, 0.717) is 22.2 Å². The molecule has 0 N–H and O–H groups in total. The van der Waals surface area contributed by atoms with E-state index >= 15 is 0 Å². The van der Waals surface area contributed by atoms with E-state index in [1.165, 1.54) is 0 Å². The average molecular weight is 236 g/mol. The first-order valence-electron chi connectivity index (χ1n) is 4.75. The third-order valence-corrected chi connectivity index (χ3v) is 2.53. The van der Waals surface area contributed by atoms with Crippen molar-refractivity contribution in [3.63, 3.8) is 0 Å². The molecule has 0 aliphatic carbocycles. The number of halogens is 1. The summed E-state index contributed by atoms with van der Waals surface area (Å²) in [6.45, 7) is 1.75. The van der Waals surface area contributed by atoms with Crippen LogP contribution in [0, 0.1) is 6.92 Å². The van der Waals surface area contributed by atoms with Crippen LogP contribution in [0.3, 0.4) is 0 Å². The Labute approximate surface area is 97.9 Å². The zero-order chi connectivity index (χ0) is 11.7. The van der Waals surface area contributed by atoms with Crippen LogP contribution >= 0.6 is 11.6 Å². The molecule has 2 heterocycles. The molecule has 0 saturated heterocycles. The minimum Gasteiger partial charge on any atom is -0.331 e. The highest BCUT2D eigenvalue weighted by Crippen LogP contribution is 2.14.